The van der Waals surface area contributed by atoms with E-state index in [1.54, 1.807) is 0 Å². The van der Waals surface area contributed by atoms with Crippen molar-refractivity contribution in [2.75, 3.05) is 18.6 Å². The van der Waals surface area contributed by atoms with Crippen LogP contribution in [0.3, 0.4) is 0 Å². The fourth-order valence-electron chi connectivity index (χ4n) is 1.91. The average Bonchev–Trinajstić information content (AvgIpc) is 2.73. The molecule has 2 atom stereocenters. The minimum atomic E-state index is -3.21. The van der Waals surface area contributed by atoms with Crippen molar-refractivity contribution >= 4 is 27.7 Å². The molecule has 0 aliphatic carbocycles. The van der Waals surface area contributed by atoms with Gasteiger partial charge >= 0.3 is 11.9 Å². The number of carboxylic acids is 1. The molecule has 1 fully saturated rings. The summed E-state index contributed by atoms with van der Waals surface area (Å²) in [4.78, 5) is 33.8. The summed E-state index contributed by atoms with van der Waals surface area (Å²) in [5.74, 6) is -3.51. The molecule has 1 heterocycles. The Hall–Kier alpha value is -1.64. The lowest BCUT2D eigenvalue weighted by Crippen LogP contribution is -2.44. The number of nitrogens with one attached hydrogen (secondary N) is 1. The van der Waals surface area contributed by atoms with Crippen molar-refractivity contribution in [1.29, 1.82) is 0 Å². The zero-order chi connectivity index (χ0) is 15.3. The molecule has 0 saturated carbocycles. The molecule has 0 spiro atoms. The maximum absolute atomic E-state index is 11.8. The lowest BCUT2D eigenvalue weighted by Gasteiger charge is -2.16. The number of carbonyl (C=O) groups excluding carboxylic acids is 2. The first-order chi connectivity index (χ1) is 9.25. The number of sulfone groups is 1. The highest BCUT2D eigenvalue weighted by Crippen LogP contribution is 2.18. The van der Waals surface area contributed by atoms with Gasteiger partial charge in [-0.3, -0.25) is 9.59 Å². The van der Waals surface area contributed by atoms with E-state index < -0.39 is 39.6 Å². The summed E-state index contributed by atoms with van der Waals surface area (Å²) in [6, 6.07) is -1.23. The number of ether oxygens (including phenoxy) is 1. The predicted octanol–water partition coefficient (Wildman–Crippen LogP) is -1.06. The largest absolute Gasteiger partial charge is 0.480 e. The second-order valence-corrected chi connectivity index (χ2v) is 6.84. The van der Waals surface area contributed by atoms with Gasteiger partial charge in [0.05, 0.1) is 24.5 Å². The van der Waals surface area contributed by atoms with E-state index in [1.807, 2.05) is 0 Å². The fraction of sp³-hybridized carbons (Fsp3) is 0.727. The third kappa shape index (κ3) is 4.80. The Balaban J connectivity index is 2.55. The number of rotatable bonds is 6. The van der Waals surface area contributed by atoms with Crippen molar-refractivity contribution in [3.8, 4) is 0 Å². The van der Waals surface area contributed by atoms with Crippen LogP contribution in [0, 0.1) is 5.92 Å². The fourth-order valence-corrected chi connectivity index (χ4v) is 3.65. The molecule has 1 rings (SSSR count). The predicted molar refractivity (Wildman–Crippen MR) is 67.6 cm³/mol. The summed E-state index contributed by atoms with van der Waals surface area (Å²) in [5.41, 5.74) is 0. The number of methoxy groups -OCH3 is 1. The zero-order valence-electron chi connectivity index (χ0n) is 11.0. The highest BCUT2D eigenvalue weighted by Gasteiger charge is 2.34. The second kappa shape index (κ2) is 6.69. The maximum atomic E-state index is 11.8. The van der Waals surface area contributed by atoms with Crippen LogP contribution in [0.25, 0.3) is 0 Å². The molecule has 0 aromatic carbocycles. The molecule has 0 radical (unpaired) electrons. The summed E-state index contributed by atoms with van der Waals surface area (Å²) in [6.45, 7) is 0. The van der Waals surface area contributed by atoms with Crippen LogP contribution in [0.1, 0.15) is 19.3 Å². The van der Waals surface area contributed by atoms with E-state index in [1.165, 1.54) is 7.11 Å². The Morgan fingerprint density at radius 1 is 1.40 bits per heavy atom. The molecule has 8 nitrogen and oxygen atoms in total. The summed E-state index contributed by atoms with van der Waals surface area (Å²) in [6.07, 6.45) is -0.0541. The first kappa shape index (κ1) is 16.4. The number of hydrogen-bond donors (Lipinski definition) is 2. The van der Waals surface area contributed by atoms with E-state index in [-0.39, 0.29) is 30.8 Å². The van der Waals surface area contributed by atoms with Crippen LogP contribution >= 0.6 is 0 Å². The van der Waals surface area contributed by atoms with Gasteiger partial charge in [-0.05, 0) is 12.8 Å². The van der Waals surface area contributed by atoms with E-state index in [4.69, 9.17) is 5.11 Å². The highest BCUT2D eigenvalue weighted by atomic mass is 32.2. The first-order valence-electron chi connectivity index (χ1n) is 6.05. The van der Waals surface area contributed by atoms with Crippen LogP contribution in [0.5, 0.6) is 0 Å². The standard InChI is InChI=1S/C11H17NO7S/c1-19-9(13)3-2-8(11(15)16)12-10(14)7-4-5-20(17,18)6-7/h7-8H,2-6H2,1H3,(H,12,14)(H,15,16). The molecule has 1 saturated heterocycles. The smallest absolute Gasteiger partial charge is 0.326 e. The second-order valence-electron chi connectivity index (χ2n) is 4.61. The molecule has 1 amide bonds. The molecular weight excluding hydrogens is 290 g/mol. The molecule has 2 unspecified atom stereocenters. The first-order valence-corrected chi connectivity index (χ1v) is 7.87. The van der Waals surface area contributed by atoms with Gasteiger partial charge in [-0.25, -0.2) is 13.2 Å². The van der Waals surface area contributed by atoms with Crippen molar-refractivity contribution in [2.24, 2.45) is 5.92 Å². The molecule has 114 valence electrons. The van der Waals surface area contributed by atoms with E-state index in [0.717, 1.165) is 0 Å². The average molecular weight is 307 g/mol. The Morgan fingerprint density at radius 3 is 2.50 bits per heavy atom. The number of carbonyl (C=O) groups is 3. The van der Waals surface area contributed by atoms with Crippen molar-refractivity contribution in [2.45, 2.75) is 25.3 Å². The van der Waals surface area contributed by atoms with E-state index in [2.05, 4.69) is 10.1 Å². The number of hydrogen-bond acceptors (Lipinski definition) is 6. The number of amides is 1. The van der Waals surface area contributed by atoms with Crippen molar-refractivity contribution in [3.63, 3.8) is 0 Å². The van der Waals surface area contributed by atoms with Gasteiger partial charge in [-0.15, -0.1) is 0 Å². The third-order valence-corrected chi connectivity index (χ3v) is 4.85. The molecule has 20 heavy (non-hydrogen) atoms. The summed E-state index contributed by atoms with van der Waals surface area (Å²) in [5, 5.41) is 11.2. The monoisotopic (exact) mass is 307 g/mol. The molecule has 9 heteroatoms. The minimum absolute atomic E-state index is 0.0645. The lowest BCUT2D eigenvalue weighted by atomic mass is 10.1. The van der Waals surface area contributed by atoms with E-state index in [9.17, 15) is 22.8 Å². The Kier molecular flexibility index (Phi) is 5.49. The number of carboxylic acid groups (broad SMARTS) is 1. The van der Waals surface area contributed by atoms with Gasteiger partial charge in [0, 0.05) is 6.42 Å². The molecule has 0 aromatic rings. The van der Waals surface area contributed by atoms with E-state index >= 15 is 0 Å². The van der Waals surface area contributed by atoms with Gasteiger partial charge in [0.15, 0.2) is 9.84 Å². The van der Waals surface area contributed by atoms with Gasteiger partial charge in [-0.2, -0.15) is 0 Å². The van der Waals surface area contributed by atoms with E-state index in [0.29, 0.717) is 0 Å². The molecule has 0 aromatic heterocycles. The normalized spacial score (nSPS) is 21.9. The number of aliphatic carboxylic acids is 1. The van der Waals surface area contributed by atoms with Gasteiger partial charge < -0.3 is 15.2 Å². The highest BCUT2D eigenvalue weighted by molar-refractivity contribution is 7.91. The van der Waals surface area contributed by atoms with Crippen molar-refractivity contribution in [1.82, 2.24) is 5.32 Å². The Morgan fingerprint density at radius 2 is 2.05 bits per heavy atom. The summed E-state index contributed by atoms with van der Waals surface area (Å²) >= 11 is 0. The van der Waals surface area contributed by atoms with Gasteiger partial charge in [0.25, 0.3) is 0 Å². The van der Waals surface area contributed by atoms with Gasteiger partial charge in [-0.1, -0.05) is 0 Å². The molecule has 2 N–H and O–H groups in total. The Bertz CT molecular complexity index is 499. The van der Waals surface area contributed by atoms with Crippen molar-refractivity contribution < 1.29 is 32.6 Å². The third-order valence-electron chi connectivity index (χ3n) is 3.08. The molecular formula is C11H17NO7S. The molecule has 0 bridgehead atoms. The molecule has 1 aliphatic heterocycles. The van der Waals surface area contributed by atoms with Gasteiger partial charge in [0.1, 0.15) is 6.04 Å². The van der Waals surface area contributed by atoms with Crippen LogP contribution in [0.15, 0.2) is 0 Å². The summed E-state index contributed by atoms with van der Waals surface area (Å²) in [7, 11) is -2.03. The lowest BCUT2D eigenvalue weighted by molar-refractivity contribution is -0.144. The Labute approximate surface area is 116 Å². The van der Waals surface area contributed by atoms with Crippen LogP contribution in [0.4, 0.5) is 0 Å². The van der Waals surface area contributed by atoms with Crippen LogP contribution in [0.2, 0.25) is 0 Å². The van der Waals surface area contributed by atoms with Crippen LogP contribution in [-0.4, -0.2) is 56.0 Å². The van der Waals surface area contributed by atoms with Crippen molar-refractivity contribution in [3.05, 3.63) is 0 Å². The SMILES string of the molecule is COC(=O)CCC(NC(=O)C1CCS(=O)(=O)C1)C(=O)O. The summed E-state index contributed by atoms with van der Waals surface area (Å²) < 4.78 is 26.9. The van der Waals surface area contributed by atoms with Crippen LogP contribution in [-0.2, 0) is 29.0 Å². The zero-order valence-corrected chi connectivity index (χ0v) is 11.8. The quantitative estimate of drug-likeness (QED) is 0.599. The molecule has 1 aliphatic rings. The minimum Gasteiger partial charge on any atom is -0.480 e. The number of esters is 1. The maximum Gasteiger partial charge on any atom is 0.326 e. The van der Waals surface area contributed by atoms with Gasteiger partial charge in [0.2, 0.25) is 5.91 Å². The topological polar surface area (TPSA) is 127 Å². The van der Waals surface area contributed by atoms with Crippen LogP contribution < -0.4 is 5.32 Å².